The van der Waals surface area contributed by atoms with Crippen LogP contribution in [0.25, 0.3) is 22.0 Å². The highest BCUT2D eigenvalue weighted by Crippen LogP contribution is 2.35. The van der Waals surface area contributed by atoms with E-state index in [-0.39, 0.29) is 5.97 Å². The summed E-state index contributed by atoms with van der Waals surface area (Å²) in [5, 5.41) is 1.04. The first kappa shape index (κ1) is 18.8. The van der Waals surface area contributed by atoms with Crippen molar-refractivity contribution in [1.29, 1.82) is 0 Å². The van der Waals surface area contributed by atoms with Gasteiger partial charge in [0, 0.05) is 22.2 Å². The first-order valence-electron chi connectivity index (χ1n) is 8.98. The van der Waals surface area contributed by atoms with Crippen LogP contribution in [0, 0.1) is 6.92 Å². The zero-order valence-electron chi connectivity index (χ0n) is 16.4. The van der Waals surface area contributed by atoms with E-state index in [1.165, 1.54) is 0 Å². The van der Waals surface area contributed by atoms with Crippen LogP contribution >= 0.6 is 0 Å². The predicted molar refractivity (Wildman–Crippen MR) is 106 cm³/mol. The van der Waals surface area contributed by atoms with E-state index in [9.17, 15) is 4.79 Å². The lowest BCUT2D eigenvalue weighted by molar-refractivity contribution is -0.158. The Bertz CT molecular complexity index is 954. The number of hydrogen-bond acceptors (Lipinski definition) is 4. The molecule has 0 fully saturated rings. The van der Waals surface area contributed by atoms with Gasteiger partial charge >= 0.3 is 5.97 Å². The minimum Gasteiger partial charge on any atom is -0.497 e. The number of methoxy groups -OCH3 is 1. The molecule has 0 radical (unpaired) electrons. The maximum atomic E-state index is 12.1. The van der Waals surface area contributed by atoms with Crippen molar-refractivity contribution in [2.75, 3.05) is 13.7 Å². The molecule has 0 saturated carbocycles. The zero-order chi connectivity index (χ0) is 19.6. The number of esters is 1. The van der Waals surface area contributed by atoms with Gasteiger partial charge in [-0.2, -0.15) is 0 Å². The van der Waals surface area contributed by atoms with Crippen LogP contribution < -0.4 is 9.47 Å². The third kappa shape index (κ3) is 3.77. The molecule has 0 aliphatic rings. The van der Waals surface area contributed by atoms with Crippen molar-refractivity contribution in [2.24, 2.45) is 0 Å². The first-order valence-corrected chi connectivity index (χ1v) is 8.98. The number of ether oxygens (including phenoxy) is 3. The number of aromatic nitrogens is 1. The lowest BCUT2D eigenvalue weighted by Crippen LogP contribution is -2.39. The molecule has 0 unspecified atom stereocenters. The van der Waals surface area contributed by atoms with Crippen LogP contribution in [0.5, 0.6) is 11.5 Å². The summed E-state index contributed by atoms with van der Waals surface area (Å²) in [6, 6.07) is 13.7. The van der Waals surface area contributed by atoms with Crippen molar-refractivity contribution in [3.05, 3.63) is 48.2 Å². The average molecular weight is 367 g/mol. The molecule has 0 amide bonds. The Balaban J connectivity index is 2.00. The van der Waals surface area contributed by atoms with Crippen molar-refractivity contribution in [3.8, 4) is 22.6 Å². The number of hydrogen-bond donors (Lipinski definition) is 1. The summed E-state index contributed by atoms with van der Waals surface area (Å²) in [6.45, 7) is 7.57. The Kier molecular flexibility index (Phi) is 5.13. The number of carbonyl (C=O) groups is 1. The average Bonchev–Trinajstić information content (AvgIpc) is 2.97. The first-order chi connectivity index (χ1) is 12.9. The molecular weight excluding hydrogens is 342 g/mol. The third-order valence-corrected chi connectivity index (χ3v) is 4.48. The van der Waals surface area contributed by atoms with Gasteiger partial charge in [-0.15, -0.1) is 0 Å². The quantitative estimate of drug-likeness (QED) is 0.631. The molecule has 3 rings (SSSR count). The van der Waals surface area contributed by atoms with Crippen molar-refractivity contribution in [2.45, 2.75) is 33.3 Å². The van der Waals surface area contributed by atoms with E-state index in [0.717, 1.165) is 33.5 Å². The molecule has 0 spiro atoms. The van der Waals surface area contributed by atoms with Gasteiger partial charge in [0.2, 0.25) is 0 Å². The van der Waals surface area contributed by atoms with E-state index in [1.54, 1.807) is 27.9 Å². The number of fused-ring (bicyclic) bond motifs is 1. The molecule has 0 aliphatic carbocycles. The predicted octanol–water partition coefficient (Wildman–Crippen LogP) is 4.87. The van der Waals surface area contributed by atoms with E-state index < -0.39 is 5.60 Å². The third-order valence-electron chi connectivity index (χ3n) is 4.48. The normalized spacial score (nSPS) is 11.4. The number of H-pyrrole nitrogens is 1. The summed E-state index contributed by atoms with van der Waals surface area (Å²) < 4.78 is 16.3. The van der Waals surface area contributed by atoms with E-state index in [4.69, 9.17) is 14.2 Å². The van der Waals surface area contributed by atoms with Crippen LogP contribution in [0.2, 0.25) is 0 Å². The lowest BCUT2D eigenvalue weighted by atomic mass is 10.0. The second kappa shape index (κ2) is 7.35. The van der Waals surface area contributed by atoms with Crippen LogP contribution in [0.4, 0.5) is 0 Å². The van der Waals surface area contributed by atoms with Gasteiger partial charge in [0.15, 0.2) is 5.60 Å². The summed E-state index contributed by atoms with van der Waals surface area (Å²) in [5.41, 5.74) is 3.21. The summed E-state index contributed by atoms with van der Waals surface area (Å²) in [4.78, 5) is 15.5. The fraction of sp³-hybridized carbons (Fsp3) is 0.318. The van der Waals surface area contributed by atoms with Gasteiger partial charge in [-0.3, -0.25) is 0 Å². The highest BCUT2D eigenvalue weighted by molar-refractivity contribution is 5.98. The van der Waals surface area contributed by atoms with Gasteiger partial charge < -0.3 is 19.2 Å². The van der Waals surface area contributed by atoms with Crippen LogP contribution in [0.15, 0.2) is 42.5 Å². The van der Waals surface area contributed by atoms with Crippen LogP contribution in [-0.2, 0) is 9.53 Å². The molecule has 5 nitrogen and oxygen atoms in total. The number of benzene rings is 2. The number of carbonyl (C=O) groups excluding carboxylic acids is 1. The second-order valence-electron chi connectivity index (χ2n) is 6.89. The lowest BCUT2D eigenvalue weighted by Gasteiger charge is -2.24. The molecule has 1 N–H and O–H groups in total. The van der Waals surface area contributed by atoms with Crippen molar-refractivity contribution < 1.29 is 19.0 Å². The molecule has 1 aromatic heterocycles. The fourth-order valence-corrected chi connectivity index (χ4v) is 3.14. The van der Waals surface area contributed by atoms with Gasteiger partial charge in [-0.05, 0) is 63.6 Å². The van der Waals surface area contributed by atoms with E-state index in [0.29, 0.717) is 12.4 Å². The van der Waals surface area contributed by atoms with Gasteiger partial charge in [0.1, 0.15) is 11.5 Å². The Hall–Kier alpha value is -2.95. The van der Waals surface area contributed by atoms with Crippen LogP contribution in [-0.4, -0.2) is 30.3 Å². The molecular formula is C22H25NO4. The number of aryl methyl sites for hydroxylation is 1. The molecule has 3 aromatic rings. The van der Waals surface area contributed by atoms with Crippen LogP contribution in [0.1, 0.15) is 26.5 Å². The topological polar surface area (TPSA) is 60.5 Å². The molecule has 142 valence electrons. The Morgan fingerprint density at radius 1 is 1.07 bits per heavy atom. The molecule has 0 aliphatic heterocycles. The molecule has 0 saturated heterocycles. The maximum Gasteiger partial charge on any atom is 0.349 e. The van der Waals surface area contributed by atoms with Crippen molar-refractivity contribution >= 4 is 16.9 Å². The number of aromatic amines is 1. The Morgan fingerprint density at radius 2 is 1.74 bits per heavy atom. The summed E-state index contributed by atoms with van der Waals surface area (Å²) in [7, 11) is 1.65. The standard InChI is InChI=1S/C22H25NO4/c1-6-26-21(24)22(3,4)27-17-11-12-19-18(13-17)20(14(2)23-19)15-7-9-16(25-5)10-8-15/h7-13,23H,6H2,1-5H3. The number of nitrogens with one attached hydrogen (secondary N) is 1. The summed E-state index contributed by atoms with van der Waals surface area (Å²) >= 11 is 0. The minimum atomic E-state index is -1.06. The summed E-state index contributed by atoms with van der Waals surface area (Å²) in [6.07, 6.45) is 0. The molecule has 2 aromatic carbocycles. The zero-order valence-corrected chi connectivity index (χ0v) is 16.4. The minimum absolute atomic E-state index is 0.323. The van der Waals surface area contributed by atoms with E-state index >= 15 is 0 Å². The van der Waals surface area contributed by atoms with Gasteiger partial charge in [-0.1, -0.05) is 12.1 Å². The maximum absolute atomic E-state index is 12.1. The van der Waals surface area contributed by atoms with E-state index in [1.807, 2.05) is 49.4 Å². The monoisotopic (exact) mass is 367 g/mol. The van der Waals surface area contributed by atoms with Crippen LogP contribution in [0.3, 0.4) is 0 Å². The van der Waals surface area contributed by atoms with Crippen molar-refractivity contribution in [1.82, 2.24) is 4.98 Å². The SMILES string of the molecule is CCOC(=O)C(C)(C)Oc1ccc2[nH]c(C)c(-c3ccc(OC)cc3)c2c1. The van der Waals surface area contributed by atoms with Gasteiger partial charge in [0.05, 0.1) is 13.7 Å². The Morgan fingerprint density at radius 3 is 2.37 bits per heavy atom. The molecule has 0 bridgehead atoms. The summed E-state index contributed by atoms with van der Waals surface area (Å²) in [5.74, 6) is 1.05. The molecule has 27 heavy (non-hydrogen) atoms. The second-order valence-corrected chi connectivity index (χ2v) is 6.89. The molecule has 1 heterocycles. The number of rotatable bonds is 6. The Labute approximate surface area is 159 Å². The fourth-order valence-electron chi connectivity index (χ4n) is 3.14. The van der Waals surface area contributed by atoms with Gasteiger partial charge in [-0.25, -0.2) is 4.79 Å². The molecule has 5 heteroatoms. The van der Waals surface area contributed by atoms with Crippen molar-refractivity contribution in [3.63, 3.8) is 0 Å². The van der Waals surface area contributed by atoms with Gasteiger partial charge in [0.25, 0.3) is 0 Å². The highest BCUT2D eigenvalue weighted by Gasteiger charge is 2.31. The largest absolute Gasteiger partial charge is 0.497 e. The van der Waals surface area contributed by atoms with E-state index in [2.05, 4.69) is 4.98 Å². The molecule has 0 atom stereocenters. The highest BCUT2D eigenvalue weighted by atomic mass is 16.6. The smallest absolute Gasteiger partial charge is 0.349 e.